The maximum atomic E-state index is 13.7. The molecule has 0 aliphatic rings. The van der Waals surface area contributed by atoms with Crippen molar-refractivity contribution in [1.29, 1.82) is 0 Å². The summed E-state index contributed by atoms with van der Waals surface area (Å²) in [5.41, 5.74) is 3.60. The van der Waals surface area contributed by atoms with Gasteiger partial charge in [0.25, 0.3) is 5.91 Å². The van der Waals surface area contributed by atoms with Crippen molar-refractivity contribution >= 4 is 17.5 Å². The van der Waals surface area contributed by atoms with E-state index < -0.39 is 0 Å². The summed E-state index contributed by atoms with van der Waals surface area (Å²) in [6, 6.07) is 27.0. The van der Waals surface area contributed by atoms with Crippen molar-refractivity contribution in [3.63, 3.8) is 0 Å². The Morgan fingerprint density at radius 3 is 2.21 bits per heavy atom. The molecule has 0 N–H and O–H groups in total. The molecule has 0 saturated carbocycles. The van der Waals surface area contributed by atoms with Crippen molar-refractivity contribution in [2.75, 3.05) is 14.2 Å². The van der Waals surface area contributed by atoms with Gasteiger partial charge in [0.05, 0.1) is 20.8 Å². The number of hydrogen-bond donors (Lipinski definition) is 0. The summed E-state index contributed by atoms with van der Waals surface area (Å²) in [7, 11) is 3.15. The van der Waals surface area contributed by atoms with Crippen LogP contribution in [-0.2, 0) is 19.6 Å². The molecule has 0 aliphatic heterocycles. The van der Waals surface area contributed by atoms with E-state index in [0.717, 1.165) is 21.8 Å². The third-order valence-corrected chi connectivity index (χ3v) is 6.05. The van der Waals surface area contributed by atoms with Gasteiger partial charge in [-0.05, 0) is 41.5 Å². The zero-order chi connectivity index (χ0) is 23.9. The Kier molecular flexibility index (Phi) is 7.55. The number of methoxy groups -OCH3 is 2. The number of benzene rings is 3. The summed E-state index contributed by atoms with van der Waals surface area (Å²) >= 11 is 6.39. The first-order valence-corrected chi connectivity index (χ1v) is 11.4. The summed E-state index contributed by atoms with van der Waals surface area (Å²) in [5, 5.41) is 0.725. The van der Waals surface area contributed by atoms with Crippen molar-refractivity contribution in [1.82, 2.24) is 9.47 Å². The third-order valence-electron chi connectivity index (χ3n) is 5.68. The van der Waals surface area contributed by atoms with E-state index in [9.17, 15) is 4.79 Å². The lowest BCUT2D eigenvalue weighted by Gasteiger charge is -2.24. The first kappa shape index (κ1) is 23.5. The number of carbonyl (C=O) groups is 1. The van der Waals surface area contributed by atoms with Gasteiger partial charge in [-0.1, -0.05) is 60.1 Å². The quantitative estimate of drug-likeness (QED) is 0.296. The molecule has 0 atom stereocenters. The van der Waals surface area contributed by atoms with Crippen molar-refractivity contribution in [2.24, 2.45) is 0 Å². The van der Waals surface area contributed by atoms with Gasteiger partial charge >= 0.3 is 0 Å². The molecule has 1 aromatic heterocycles. The predicted octanol–water partition coefficient (Wildman–Crippen LogP) is 6.05. The van der Waals surface area contributed by atoms with Gasteiger partial charge in [0.15, 0.2) is 0 Å². The molecule has 3 aromatic carbocycles. The van der Waals surface area contributed by atoms with Gasteiger partial charge < -0.3 is 18.9 Å². The van der Waals surface area contributed by atoms with Crippen LogP contribution in [0.5, 0.6) is 11.5 Å². The van der Waals surface area contributed by atoms with E-state index in [1.807, 2.05) is 77.8 Å². The van der Waals surface area contributed by atoms with Crippen LogP contribution >= 0.6 is 11.6 Å². The second-order valence-corrected chi connectivity index (χ2v) is 8.37. The molecule has 1 heterocycles. The van der Waals surface area contributed by atoms with Crippen molar-refractivity contribution in [3.8, 4) is 11.5 Å². The largest absolute Gasteiger partial charge is 0.497 e. The van der Waals surface area contributed by atoms with E-state index in [1.54, 1.807) is 32.4 Å². The molecular weight excluding hydrogens is 448 g/mol. The van der Waals surface area contributed by atoms with Crippen molar-refractivity contribution < 1.29 is 14.3 Å². The van der Waals surface area contributed by atoms with E-state index in [-0.39, 0.29) is 5.91 Å². The maximum absolute atomic E-state index is 13.7. The average Bonchev–Trinajstić information content (AvgIpc) is 3.31. The fraction of sp³-hybridized carbons (Fsp3) is 0.179. The number of amides is 1. The standard InChI is InChI=1S/C28H27ClN2O3/c1-33-25-15-23(16-26(17-25)34-2)28(32)31(18-21-9-4-3-5-10-21)20-24-12-8-14-30(24)19-22-11-6-7-13-27(22)29/h3-17H,18-20H2,1-2H3. The van der Waals surface area contributed by atoms with Gasteiger partial charge in [0, 0.05) is 41.6 Å². The molecule has 0 saturated heterocycles. The highest BCUT2D eigenvalue weighted by atomic mass is 35.5. The summed E-state index contributed by atoms with van der Waals surface area (Å²) in [5.74, 6) is 1.04. The number of ether oxygens (including phenoxy) is 2. The molecule has 4 aromatic rings. The van der Waals surface area contributed by atoms with E-state index in [4.69, 9.17) is 21.1 Å². The highest BCUT2D eigenvalue weighted by Crippen LogP contribution is 2.25. The SMILES string of the molecule is COc1cc(OC)cc(C(=O)N(Cc2ccccc2)Cc2cccn2Cc2ccccc2Cl)c1. The lowest BCUT2D eigenvalue weighted by atomic mass is 10.1. The Morgan fingerprint density at radius 2 is 1.53 bits per heavy atom. The van der Waals surface area contributed by atoms with Gasteiger partial charge in [-0.25, -0.2) is 0 Å². The minimum absolute atomic E-state index is 0.105. The smallest absolute Gasteiger partial charge is 0.254 e. The summed E-state index contributed by atoms with van der Waals surface area (Å²) in [6.07, 6.45) is 2.01. The summed E-state index contributed by atoms with van der Waals surface area (Å²) in [4.78, 5) is 15.6. The normalized spacial score (nSPS) is 10.7. The second kappa shape index (κ2) is 10.9. The Balaban J connectivity index is 1.65. The Hall–Kier alpha value is -3.70. The Labute approximate surface area is 205 Å². The predicted molar refractivity (Wildman–Crippen MR) is 135 cm³/mol. The Bertz CT molecular complexity index is 1230. The molecule has 5 nitrogen and oxygen atoms in total. The maximum Gasteiger partial charge on any atom is 0.254 e. The number of rotatable bonds is 9. The third kappa shape index (κ3) is 5.61. The zero-order valence-electron chi connectivity index (χ0n) is 19.3. The van der Waals surface area contributed by atoms with Gasteiger partial charge in [-0.2, -0.15) is 0 Å². The molecule has 1 amide bonds. The number of nitrogens with zero attached hydrogens (tertiary/aromatic N) is 2. The highest BCUT2D eigenvalue weighted by molar-refractivity contribution is 6.31. The molecule has 0 aliphatic carbocycles. The van der Waals surface area contributed by atoms with Crippen LogP contribution in [0.25, 0.3) is 0 Å². The van der Waals surface area contributed by atoms with E-state index in [1.165, 1.54) is 0 Å². The fourth-order valence-electron chi connectivity index (χ4n) is 3.87. The minimum Gasteiger partial charge on any atom is -0.497 e. The number of aromatic nitrogens is 1. The van der Waals surface area contributed by atoms with Gasteiger partial charge in [-0.3, -0.25) is 4.79 Å². The average molecular weight is 475 g/mol. The minimum atomic E-state index is -0.105. The molecule has 4 rings (SSSR count). The van der Waals surface area contributed by atoms with E-state index in [2.05, 4.69) is 4.57 Å². The van der Waals surface area contributed by atoms with Crippen LogP contribution in [0.4, 0.5) is 0 Å². The first-order valence-electron chi connectivity index (χ1n) is 11.0. The van der Waals surface area contributed by atoms with Crippen LogP contribution in [0.2, 0.25) is 5.02 Å². The lowest BCUT2D eigenvalue weighted by molar-refractivity contribution is 0.0725. The van der Waals surface area contributed by atoms with Gasteiger partial charge in [-0.15, -0.1) is 0 Å². The molecule has 0 spiro atoms. The molecule has 6 heteroatoms. The fourth-order valence-corrected chi connectivity index (χ4v) is 4.07. The molecule has 0 radical (unpaired) electrons. The molecule has 0 bridgehead atoms. The van der Waals surface area contributed by atoms with Crippen molar-refractivity contribution in [3.05, 3.63) is 119 Å². The van der Waals surface area contributed by atoms with Crippen LogP contribution in [0.3, 0.4) is 0 Å². The topological polar surface area (TPSA) is 43.7 Å². The van der Waals surface area contributed by atoms with E-state index in [0.29, 0.717) is 36.7 Å². The van der Waals surface area contributed by atoms with Crippen LogP contribution in [-0.4, -0.2) is 29.6 Å². The zero-order valence-corrected chi connectivity index (χ0v) is 20.0. The summed E-state index contributed by atoms with van der Waals surface area (Å²) in [6.45, 7) is 1.53. The molecule has 0 fully saturated rings. The summed E-state index contributed by atoms with van der Waals surface area (Å²) < 4.78 is 12.9. The number of hydrogen-bond acceptors (Lipinski definition) is 3. The lowest BCUT2D eigenvalue weighted by Crippen LogP contribution is -2.31. The molecular formula is C28H27ClN2O3. The first-order chi connectivity index (χ1) is 16.6. The van der Waals surface area contributed by atoms with Gasteiger partial charge in [0.2, 0.25) is 0 Å². The van der Waals surface area contributed by atoms with Crippen LogP contribution in [0.1, 0.15) is 27.2 Å². The van der Waals surface area contributed by atoms with Gasteiger partial charge in [0.1, 0.15) is 11.5 Å². The number of halogens is 1. The van der Waals surface area contributed by atoms with Crippen LogP contribution < -0.4 is 9.47 Å². The molecule has 0 unspecified atom stereocenters. The monoisotopic (exact) mass is 474 g/mol. The number of carbonyl (C=O) groups excluding carboxylic acids is 1. The van der Waals surface area contributed by atoms with E-state index >= 15 is 0 Å². The van der Waals surface area contributed by atoms with Crippen LogP contribution in [0.15, 0.2) is 91.1 Å². The van der Waals surface area contributed by atoms with Crippen molar-refractivity contribution in [2.45, 2.75) is 19.6 Å². The Morgan fingerprint density at radius 1 is 0.853 bits per heavy atom. The molecule has 34 heavy (non-hydrogen) atoms. The second-order valence-electron chi connectivity index (χ2n) is 7.97. The van der Waals surface area contributed by atoms with Crippen LogP contribution in [0, 0.1) is 0 Å². The highest BCUT2D eigenvalue weighted by Gasteiger charge is 2.20. The molecule has 174 valence electrons.